The van der Waals surface area contributed by atoms with Crippen molar-refractivity contribution in [1.29, 1.82) is 0 Å². The van der Waals surface area contributed by atoms with Gasteiger partial charge in [0.1, 0.15) is 0 Å². The molecule has 0 saturated carbocycles. The van der Waals surface area contributed by atoms with Gasteiger partial charge in [0.25, 0.3) is 0 Å². The standard InChI is InChI=1S/C10H10N2/c1-11-7-8-3-2-4-10-9(8)5-6-12-10/h2-7,12H,1H3. The predicted octanol–water partition coefficient (Wildman–Crippen LogP) is 2.22. The topological polar surface area (TPSA) is 28.1 Å². The molecule has 0 aliphatic rings. The Morgan fingerprint density at radius 1 is 1.33 bits per heavy atom. The third-order valence-corrected chi connectivity index (χ3v) is 1.90. The fourth-order valence-corrected chi connectivity index (χ4v) is 1.36. The number of H-pyrrole nitrogens is 1. The van der Waals surface area contributed by atoms with E-state index in [0.717, 1.165) is 11.1 Å². The largest absolute Gasteiger partial charge is 0.361 e. The summed E-state index contributed by atoms with van der Waals surface area (Å²) in [5.74, 6) is 0. The lowest BCUT2D eigenvalue weighted by Gasteiger charge is -1.93. The number of aromatic nitrogens is 1. The second-order valence-electron chi connectivity index (χ2n) is 2.67. The maximum absolute atomic E-state index is 4.00. The van der Waals surface area contributed by atoms with Crippen molar-refractivity contribution in [3.8, 4) is 0 Å². The van der Waals surface area contributed by atoms with E-state index in [-0.39, 0.29) is 0 Å². The molecule has 0 unspecified atom stereocenters. The summed E-state index contributed by atoms with van der Waals surface area (Å²) in [4.78, 5) is 7.15. The Bertz CT molecular complexity index is 412. The van der Waals surface area contributed by atoms with E-state index in [4.69, 9.17) is 0 Å². The van der Waals surface area contributed by atoms with Gasteiger partial charge in [0.05, 0.1) is 0 Å². The zero-order chi connectivity index (χ0) is 8.39. The van der Waals surface area contributed by atoms with Crippen LogP contribution in [-0.2, 0) is 0 Å². The minimum Gasteiger partial charge on any atom is -0.361 e. The van der Waals surface area contributed by atoms with Crippen molar-refractivity contribution in [1.82, 2.24) is 4.98 Å². The second-order valence-corrected chi connectivity index (χ2v) is 2.67. The lowest BCUT2D eigenvalue weighted by atomic mass is 10.1. The van der Waals surface area contributed by atoms with Gasteiger partial charge in [-0.2, -0.15) is 0 Å². The molecule has 60 valence electrons. The Labute approximate surface area is 70.9 Å². The van der Waals surface area contributed by atoms with Crippen molar-refractivity contribution in [3.05, 3.63) is 36.0 Å². The molecule has 0 aliphatic heterocycles. The normalized spacial score (nSPS) is 11.4. The molecule has 2 nitrogen and oxygen atoms in total. The number of nitrogens with one attached hydrogen (secondary N) is 1. The van der Waals surface area contributed by atoms with Crippen LogP contribution in [-0.4, -0.2) is 18.2 Å². The van der Waals surface area contributed by atoms with E-state index in [1.807, 2.05) is 18.5 Å². The Balaban J connectivity index is 2.73. The zero-order valence-electron chi connectivity index (χ0n) is 6.91. The minimum atomic E-state index is 1.16. The molecule has 12 heavy (non-hydrogen) atoms. The quantitative estimate of drug-likeness (QED) is 0.616. The Morgan fingerprint density at radius 2 is 2.25 bits per heavy atom. The van der Waals surface area contributed by atoms with Gasteiger partial charge in [0, 0.05) is 35.9 Å². The first-order valence-corrected chi connectivity index (χ1v) is 3.90. The fourth-order valence-electron chi connectivity index (χ4n) is 1.36. The summed E-state index contributed by atoms with van der Waals surface area (Å²) in [6.07, 6.45) is 3.81. The summed E-state index contributed by atoms with van der Waals surface area (Å²) >= 11 is 0. The van der Waals surface area contributed by atoms with Crippen molar-refractivity contribution < 1.29 is 0 Å². The van der Waals surface area contributed by atoms with Crippen LogP contribution < -0.4 is 0 Å². The maximum Gasteiger partial charge on any atom is 0.0460 e. The first-order chi connectivity index (χ1) is 5.92. The van der Waals surface area contributed by atoms with E-state index in [9.17, 15) is 0 Å². The van der Waals surface area contributed by atoms with Gasteiger partial charge in [-0.1, -0.05) is 12.1 Å². The highest BCUT2D eigenvalue weighted by Crippen LogP contribution is 2.15. The van der Waals surface area contributed by atoms with Gasteiger partial charge in [-0.3, -0.25) is 4.99 Å². The number of nitrogens with zero attached hydrogens (tertiary/aromatic N) is 1. The number of benzene rings is 1. The number of rotatable bonds is 1. The number of aromatic amines is 1. The molecule has 0 amide bonds. The number of fused-ring (bicyclic) bond motifs is 1. The summed E-state index contributed by atoms with van der Waals surface area (Å²) in [5.41, 5.74) is 2.32. The van der Waals surface area contributed by atoms with Crippen LogP contribution >= 0.6 is 0 Å². The van der Waals surface area contributed by atoms with E-state index in [2.05, 4.69) is 28.2 Å². The van der Waals surface area contributed by atoms with Crippen LogP contribution in [0.5, 0.6) is 0 Å². The summed E-state index contributed by atoms with van der Waals surface area (Å²) in [7, 11) is 1.78. The molecular formula is C10H10N2. The van der Waals surface area contributed by atoms with Gasteiger partial charge in [-0.25, -0.2) is 0 Å². The van der Waals surface area contributed by atoms with Crippen LogP contribution in [0.3, 0.4) is 0 Å². The summed E-state index contributed by atoms with van der Waals surface area (Å²) in [6.45, 7) is 0. The third-order valence-electron chi connectivity index (χ3n) is 1.90. The zero-order valence-corrected chi connectivity index (χ0v) is 6.91. The second kappa shape index (κ2) is 2.81. The molecule has 0 fully saturated rings. The van der Waals surface area contributed by atoms with Crippen molar-refractivity contribution in [2.75, 3.05) is 7.05 Å². The van der Waals surface area contributed by atoms with Gasteiger partial charge in [0.15, 0.2) is 0 Å². The highest BCUT2D eigenvalue weighted by Gasteiger charge is 1.96. The van der Waals surface area contributed by atoms with Gasteiger partial charge in [0.2, 0.25) is 0 Å². The Hall–Kier alpha value is -1.57. The van der Waals surface area contributed by atoms with E-state index < -0.39 is 0 Å². The maximum atomic E-state index is 4.00. The lowest BCUT2D eigenvalue weighted by molar-refractivity contribution is 1.46. The molecule has 0 atom stereocenters. The average molecular weight is 158 g/mol. The Morgan fingerprint density at radius 3 is 3.08 bits per heavy atom. The first kappa shape index (κ1) is 7.10. The van der Waals surface area contributed by atoms with Crippen molar-refractivity contribution in [3.63, 3.8) is 0 Å². The molecule has 2 rings (SSSR count). The third kappa shape index (κ3) is 1.01. The van der Waals surface area contributed by atoms with Crippen molar-refractivity contribution in [2.24, 2.45) is 4.99 Å². The van der Waals surface area contributed by atoms with E-state index in [0.29, 0.717) is 0 Å². The van der Waals surface area contributed by atoms with E-state index >= 15 is 0 Å². The smallest absolute Gasteiger partial charge is 0.0460 e. The molecule has 0 bridgehead atoms. The van der Waals surface area contributed by atoms with Crippen molar-refractivity contribution in [2.45, 2.75) is 0 Å². The molecule has 0 saturated heterocycles. The molecule has 0 spiro atoms. The van der Waals surface area contributed by atoms with Gasteiger partial charge in [-0.05, 0) is 12.1 Å². The number of hydrogen-bond acceptors (Lipinski definition) is 1. The monoisotopic (exact) mass is 158 g/mol. The SMILES string of the molecule is CN=Cc1cccc2[nH]ccc12. The van der Waals surface area contributed by atoms with Crippen LogP contribution in [0.15, 0.2) is 35.5 Å². The first-order valence-electron chi connectivity index (χ1n) is 3.90. The number of aliphatic imine (C=N–C) groups is 1. The number of hydrogen-bond donors (Lipinski definition) is 1. The van der Waals surface area contributed by atoms with Crippen LogP contribution in [0.25, 0.3) is 10.9 Å². The van der Waals surface area contributed by atoms with E-state index in [1.54, 1.807) is 7.05 Å². The molecule has 1 N–H and O–H groups in total. The van der Waals surface area contributed by atoms with E-state index in [1.165, 1.54) is 5.39 Å². The highest BCUT2D eigenvalue weighted by atomic mass is 14.7. The van der Waals surface area contributed by atoms with Gasteiger partial charge < -0.3 is 4.98 Å². The molecular weight excluding hydrogens is 148 g/mol. The molecule has 0 radical (unpaired) electrons. The van der Waals surface area contributed by atoms with Gasteiger partial charge >= 0.3 is 0 Å². The molecule has 0 aliphatic carbocycles. The molecule has 1 aromatic carbocycles. The summed E-state index contributed by atoms with van der Waals surface area (Å²) < 4.78 is 0. The lowest BCUT2D eigenvalue weighted by Crippen LogP contribution is -1.80. The summed E-state index contributed by atoms with van der Waals surface area (Å²) in [5, 5.41) is 1.23. The van der Waals surface area contributed by atoms with Crippen LogP contribution in [0, 0.1) is 0 Å². The molecule has 2 aromatic rings. The van der Waals surface area contributed by atoms with Crippen LogP contribution in [0.2, 0.25) is 0 Å². The predicted molar refractivity (Wildman–Crippen MR) is 51.8 cm³/mol. The molecule has 2 heteroatoms. The van der Waals surface area contributed by atoms with Crippen LogP contribution in [0.1, 0.15) is 5.56 Å². The Kier molecular flexibility index (Phi) is 1.67. The fraction of sp³-hybridized carbons (Fsp3) is 0.100. The van der Waals surface area contributed by atoms with Gasteiger partial charge in [-0.15, -0.1) is 0 Å². The van der Waals surface area contributed by atoms with Crippen molar-refractivity contribution >= 4 is 17.1 Å². The molecule has 1 heterocycles. The average Bonchev–Trinajstić information content (AvgIpc) is 2.53. The van der Waals surface area contributed by atoms with Crippen LogP contribution in [0.4, 0.5) is 0 Å². The molecule has 1 aromatic heterocycles. The minimum absolute atomic E-state index is 1.16. The highest BCUT2D eigenvalue weighted by molar-refractivity contribution is 5.98. The summed E-state index contributed by atoms with van der Waals surface area (Å²) in [6, 6.07) is 8.20.